The number of benzene rings is 2. The highest BCUT2D eigenvalue weighted by Gasteiger charge is 2.23. The molecule has 24 heavy (non-hydrogen) atoms. The predicted molar refractivity (Wildman–Crippen MR) is 91.0 cm³/mol. The van der Waals surface area contributed by atoms with E-state index in [0.717, 1.165) is 18.4 Å². The van der Waals surface area contributed by atoms with Crippen molar-refractivity contribution in [1.29, 1.82) is 0 Å². The van der Waals surface area contributed by atoms with Gasteiger partial charge in [-0.3, -0.25) is 9.59 Å². The molecule has 0 saturated heterocycles. The van der Waals surface area contributed by atoms with Gasteiger partial charge in [0.25, 0.3) is 5.91 Å². The Morgan fingerprint density at radius 1 is 1.08 bits per heavy atom. The summed E-state index contributed by atoms with van der Waals surface area (Å²) < 4.78 is 13.1. The van der Waals surface area contributed by atoms with Gasteiger partial charge < -0.3 is 10.6 Å². The quantitative estimate of drug-likeness (QED) is 0.829. The minimum absolute atomic E-state index is 0.0723. The fourth-order valence-electron chi connectivity index (χ4n) is 2.16. The molecule has 0 bridgehead atoms. The largest absolute Gasteiger partial charge is 0.349 e. The average molecular weight is 324 g/mol. The summed E-state index contributed by atoms with van der Waals surface area (Å²) in [4.78, 5) is 23.7. The molecule has 1 fully saturated rings. The Kier molecular flexibility index (Phi) is 4.70. The molecule has 0 aromatic heterocycles. The lowest BCUT2D eigenvalue weighted by atomic mass is 10.1. The number of anilines is 1. The van der Waals surface area contributed by atoms with Crippen molar-refractivity contribution in [1.82, 2.24) is 5.32 Å². The maximum absolute atomic E-state index is 13.1. The van der Waals surface area contributed by atoms with Crippen molar-refractivity contribution in [3.8, 4) is 0 Å². The topological polar surface area (TPSA) is 58.2 Å². The molecule has 5 heteroatoms. The van der Waals surface area contributed by atoms with E-state index in [1.165, 1.54) is 24.3 Å². The summed E-state index contributed by atoms with van der Waals surface area (Å²) in [6.45, 7) is 0. The molecule has 3 rings (SSSR count). The summed E-state index contributed by atoms with van der Waals surface area (Å²) in [6.07, 6.45) is 5.10. The van der Waals surface area contributed by atoms with E-state index >= 15 is 0 Å². The normalized spacial score (nSPS) is 13.7. The third-order valence-electron chi connectivity index (χ3n) is 3.60. The zero-order valence-electron chi connectivity index (χ0n) is 13.0. The van der Waals surface area contributed by atoms with Crippen LogP contribution in [0, 0.1) is 5.82 Å². The maximum Gasteiger partial charge on any atom is 0.251 e. The molecule has 0 radical (unpaired) electrons. The zero-order valence-corrected chi connectivity index (χ0v) is 13.0. The molecule has 0 heterocycles. The molecule has 0 atom stereocenters. The fraction of sp³-hybridized carbons (Fsp3) is 0.158. The molecule has 1 aliphatic rings. The Bertz CT molecular complexity index is 780. The Balaban J connectivity index is 1.57. The van der Waals surface area contributed by atoms with Crippen LogP contribution < -0.4 is 10.6 Å². The smallest absolute Gasteiger partial charge is 0.251 e. The number of nitrogens with one attached hydrogen (secondary N) is 2. The van der Waals surface area contributed by atoms with E-state index in [1.54, 1.807) is 36.4 Å². The van der Waals surface area contributed by atoms with Gasteiger partial charge in [0, 0.05) is 23.4 Å². The summed E-state index contributed by atoms with van der Waals surface area (Å²) in [5.74, 6) is -0.829. The Morgan fingerprint density at radius 2 is 1.83 bits per heavy atom. The van der Waals surface area contributed by atoms with Gasteiger partial charge in [-0.1, -0.05) is 18.2 Å². The van der Waals surface area contributed by atoms with E-state index in [2.05, 4.69) is 10.6 Å². The SMILES string of the molecule is O=C(C=Cc1ccc(C(=O)NC2CC2)cc1)Nc1cccc(F)c1. The number of hydrogen-bond donors (Lipinski definition) is 2. The number of carbonyl (C=O) groups is 2. The van der Waals surface area contributed by atoms with Crippen LogP contribution >= 0.6 is 0 Å². The first kappa shape index (κ1) is 15.9. The minimum atomic E-state index is -0.406. The lowest BCUT2D eigenvalue weighted by Crippen LogP contribution is -2.25. The Labute approximate surface area is 139 Å². The van der Waals surface area contributed by atoms with Crippen LogP contribution in [0.1, 0.15) is 28.8 Å². The first-order chi connectivity index (χ1) is 11.6. The van der Waals surface area contributed by atoms with E-state index in [0.29, 0.717) is 17.3 Å². The van der Waals surface area contributed by atoms with Crippen LogP contribution in [0.4, 0.5) is 10.1 Å². The van der Waals surface area contributed by atoms with Crippen LogP contribution in [0.3, 0.4) is 0 Å². The number of carbonyl (C=O) groups excluding carboxylic acids is 2. The zero-order chi connectivity index (χ0) is 16.9. The predicted octanol–water partition coefficient (Wildman–Crippen LogP) is 3.37. The Morgan fingerprint density at radius 3 is 2.50 bits per heavy atom. The van der Waals surface area contributed by atoms with E-state index in [9.17, 15) is 14.0 Å². The average Bonchev–Trinajstić information content (AvgIpc) is 3.37. The third kappa shape index (κ3) is 4.52. The highest BCUT2D eigenvalue weighted by Crippen LogP contribution is 2.19. The molecular weight excluding hydrogens is 307 g/mol. The number of hydrogen-bond acceptors (Lipinski definition) is 2. The molecule has 0 unspecified atom stereocenters. The number of amides is 2. The summed E-state index contributed by atoms with van der Waals surface area (Å²) in [7, 11) is 0. The molecule has 0 spiro atoms. The van der Waals surface area contributed by atoms with Crippen LogP contribution in [0.5, 0.6) is 0 Å². The summed E-state index contributed by atoms with van der Waals surface area (Å²) >= 11 is 0. The molecule has 1 aliphatic carbocycles. The van der Waals surface area contributed by atoms with Gasteiger partial charge in [-0.25, -0.2) is 4.39 Å². The maximum atomic E-state index is 13.1. The molecular formula is C19H17FN2O2. The molecule has 0 aliphatic heterocycles. The van der Waals surface area contributed by atoms with Crippen molar-refractivity contribution >= 4 is 23.6 Å². The van der Waals surface area contributed by atoms with Crippen molar-refractivity contribution in [2.45, 2.75) is 18.9 Å². The second-order valence-corrected chi connectivity index (χ2v) is 5.70. The van der Waals surface area contributed by atoms with Gasteiger partial charge in [0.15, 0.2) is 0 Å². The third-order valence-corrected chi connectivity index (χ3v) is 3.60. The van der Waals surface area contributed by atoms with Crippen LogP contribution in [0.2, 0.25) is 0 Å². The second kappa shape index (κ2) is 7.08. The Hall–Kier alpha value is -2.95. The van der Waals surface area contributed by atoms with Crippen molar-refractivity contribution in [3.05, 3.63) is 71.6 Å². The van der Waals surface area contributed by atoms with Gasteiger partial charge in [-0.05, 0) is 54.8 Å². The molecule has 4 nitrogen and oxygen atoms in total. The van der Waals surface area contributed by atoms with Gasteiger partial charge in [0.2, 0.25) is 5.91 Å². The van der Waals surface area contributed by atoms with Crippen LogP contribution in [-0.2, 0) is 4.79 Å². The molecule has 2 N–H and O–H groups in total. The summed E-state index contributed by atoms with van der Waals surface area (Å²) in [6, 6.07) is 13.0. The monoisotopic (exact) mass is 324 g/mol. The first-order valence-electron chi connectivity index (χ1n) is 7.76. The minimum Gasteiger partial charge on any atom is -0.349 e. The molecule has 2 aromatic carbocycles. The first-order valence-corrected chi connectivity index (χ1v) is 7.76. The standard InChI is InChI=1S/C19H17FN2O2/c20-15-2-1-3-17(12-15)21-18(23)11-6-13-4-7-14(8-5-13)19(24)22-16-9-10-16/h1-8,11-12,16H,9-10H2,(H,21,23)(H,22,24). The van der Waals surface area contributed by atoms with Crippen LogP contribution in [-0.4, -0.2) is 17.9 Å². The van der Waals surface area contributed by atoms with E-state index in [4.69, 9.17) is 0 Å². The molecule has 122 valence electrons. The van der Waals surface area contributed by atoms with Gasteiger partial charge >= 0.3 is 0 Å². The molecule has 2 aromatic rings. The van der Waals surface area contributed by atoms with Gasteiger partial charge in [0.05, 0.1) is 0 Å². The fourth-order valence-corrected chi connectivity index (χ4v) is 2.16. The summed E-state index contributed by atoms with van der Waals surface area (Å²) in [5, 5.41) is 5.50. The lowest BCUT2D eigenvalue weighted by Gasteiger charge is -2.03. The molecule has 2 amide bonds. The van der Waals surface area contributed by atoms with E-state index < -0.39 is 5.82 Å². The highest BCUT2D eigenvalue weighted by molar-refractivity contribution is 6.02. The number of halogens is 1. The van der Waals surface area contributed by atoms with Gasteiger partial charge in [-0.2, -0.15) is 0 Å². The van der Waals surface area contributed by atoms with E-state index in [1.807, 2.05) is 0 Å². The second-order valence-electron chi connectivity index (χ2n) is 5.70. The van der Waals surface area contributed by atoms with Crippen LogP contribution in [0.25, 0.3) is 6.08 Å². The van der Waals surface area contributed by atoms with Crippen molar-refractivity contribution in [2.75, 3.05) is 5.32 Å². The van der Waals surface area contributed by atoms with Crippen molar-refractivity contribution in [3.63, 3.8) is 0 Å². The van der Waals surface area contributed by atoms with Crippen LogP contribution in [0.15, 0.2) is 54.6 Å². The van der Waals surface area contributed by atoms with Crippen molar-refractivity contribution < 1.29 is 14.0 Å². The van der Waals surface area contributed by atoms with Crippen molar-refractivity contribution in [2.24, 2.45) is 0 Å². The lowest BCUT2D eigenvalue weighted by molar-refractivity contribution is -0.111. The van der Waals surface area contributed by atoms with Gasteiger partial charge in [-0.15, -0.1) is 0 Å². The van der Waals surface area contributed by atoms with Gasteiger partial charge in [0.1, 0.15) is 5.82 Å². The van der Waals surface area contributed by atoms with E-state index in [-0.39, 0.29) is 11.8 Å². The highest BCUT2D eigenvalue weighted by atomic mass is 19.1. The molecule has 1 saturated carbocycles. The summed E-state index contributed by atoms with van der Waals surface area (Å²) in [5.41, 5.74) is 1.80. The number of rotatable bonds is 5.